The molecule has 1 aliphatic carbocycles. The summed E-state index contributed by atoms with van der Waals surface area (Å²) in [4.78, 5) is 0. The molecule has 1 unspecified atom stereocenters. The summed E-state index contributed by atoms with van der Waals surface area (Å²) < 4.78 is 0. The van der Waals surface area contributed by atoms with E-state index in [0.29, 0.717) is 12.8 Å². The van der Waals surface area contributed by atoms with Crippen LogP contribution < -0.4 is 0 Å². The molecule has 1 saturated carbocycles. The van der Waals surface area contributed by atoms with Crippen LogP contribution in [0.3, 0.4) is 0 Å². The van der Waals surface area contributed by atoms with Crippen molar-refractivity contribution in [1.82, 2.24) is 0 Å². The lowest BCUT2D eigenvalue weighted by atomic mass is 9.78. The molecule has 0 spiro atoms. The van der Waals surface area contributed by atoms with Crippen LogP contribution in [0.4, 0.5) is 0 Å². The maximum absolute atomic E-state index is 10.5. The van der Waals surface area contributed by atoms with Crippen LogP contribution in [-0.4, -0.2) is 15.8 Å². The van der Waals surface area contributed by atoms with E-state index in [0.717, 1.165) is 31.2 Å². The molecule has 2 heteroatoms. The highest BCUT2D eigenvalue weighted by Crippen LogP contribution is 2.38. The Morgan fingerprint density at radius 3 is 2.28 bits per heavy atom. The Kier molecular flexibility index (Phi) is 4.41. The number of hydrogen-bond donors (Lipinski definition) is 2. The third-order valence-electron chi connectivity index (χ3n) is 4.06. The minimum Gasteiger partial charge on any atom is -0.387 e. The van der Waals surface area contributed by atoms with Gasteiger partial charge in [-0.05, 0) is 30.4 Å². The number of aryl methyl sites for hydroxylation is 1. The van der Waals surface area contributed by atoms with Gasteiger partial charge in [-0.25, -0.2) is 0 Å². The molecule has 0 aromatic heterocycles. The number of aliphatic hydroxyl groups is 2. The third kappa shape index (κ3) is 2.93. The topological polar surface area (TPSA) is 40.5 Å². The summed E-state index contributed by atoms with van der Waals surface area (Å²) in [6.07, 6.45) is 6.09. The molecular formula is C16H24O2. The fraction of sp³-hybridized carbons (Fsp3) is 0.625. The van der Waals surface area contributed by atoms with Crippen molar-refractivity contribution >= 4 is 0 Å². The van der Waals surface area contributed by atoms with Crippen molar-refractivity contribution < 1.29 is 10.2 Å². The van der Waals surface area contributed by atoms with Crippen molar-refractivity contribution in [3.63, 3.8) is 0 Å². The van der Waals surface area contributed by atoms with Gasteiger partial charge in [-0.15, -0.1) is 0 Å². The molecule has 0 radical (unpaired) electrons. The van der Waals surface area contributed by atoms with Gasteiger partial charge in [-0.1, -0.05) is 56.9 Å². The molecular weight excluding hydrogens is 224 g/mol. The summed E-state index contributed by atoms with van der Waals surface area (Å²) >= 11 is 0. The SMILES string of the molecule is CCCc1ccc(C(O)C2(O)CCCCC2)cc1. The van der Waals surface area contributed by atoms with Crippen LogP contribution in [-0.2, 0) is 6.42 Å². The van der Waals surface area contributed by atoms with E-state index in [1.807, 2.05) is 12.1 Å². The third-order valence-corrected chi connectivity index (χ3v) is 4.06. The van der Waals surface area contributed by atoms with Gasteiger partial charge >= 0.3 is 0 Å². The van der Waals surface area contributed by atoms with Crippen molar-refractivity contribution in [2.24, 2.45) is 0 Å². The van der Waals surface area contributed by atoms with E-state index < -0.39 is 11.7 Å². The van der Waals surface area contributed by atoms with Gasteiger partial charge in [0.2, 0.25) is 0 Å². The number of benzene rings is 1. The van der Waals surface area contributed by atoms with Gasteiger partial charge < -0.3 is 10.2 Å². The fourth-order valence-electron chi connectivity index (χ4n) is 2.90. The zero-order valence-electron chi connectivity index (χ0n) is 11.2. The summed E-state index contributed by atoms with van der Waals surface area (Å²) in [5.41, 5.74) is 1.23. The van der Waals surface area contributed by atoms with Crippen LogP contribution in [0.25, 0.3) is 0 Å². The minimum atomic E-state index is -0.912. The molecule has 1 aromatic rings. The molecule has 18 heavy (non-hydrogen) atoms. The monoisotopic (exact) mass is 248 g/mol. The lowest BCUT2D eigenvalue weighted by molar-refractivity contribution is -0.0991. The maximum atomic E-state index is 10.5. The lowest BCUT2D eigenvalue weighted by Gasteiger charge is -2.36. The highest BCUT2D eigenvalue weighted by molar-refractivity contribution is 5.26. The Morgan fingerprint density at radius 1 is 1.11 bits per heavy atom. The van der Waals surface area contributed by atoms with Crippen LogP contribution in [0.1, 0.15) is 62.7 Å². The van der Waals surface area contributed by atoms with Crippen LogP contribution in [0.15, 0.2) is 24.3 Å². The van der Waals surface area contributed by atoms with E-state index in [1.54, 1.807) is 0 Å². The zero-order valence-corrected chi connectivity index (χ0v) is 11.2. The molecule has 1 atom stereocenters. The molecule has 2 N–H and O–H groups in total. The molecule has 0 bridgehead atoms. The van der Waals surface area contributed by atoms with Gasteiger partial charge in [0, 0.05) is 0 Å². The Balaban J connectivity index is 2.09. The van der Waals surface area contributed by atoms with Gasteiger partial charge in [0.15, 0.2) is 0 Å². The van der Waals surface area contributed by atoms with Crippen molar-refractivity contribution in [2.45, 2.75) is 63.6 Å². The number of rotatable bonds is 4. The molecule has 2 rings (SSSR count). The average molecular weight is 248 g/mol. The summed E-state index contributed by atoms with van der Waals surface area (Å²) in [5.74, 6) is 0. The van der Waals surface area contributed by atoms with Gasteiger partial charge in [0.1, 0.15) is 6.10 Å². The highest BCUT2D eigenvalue weighted by Gasteiger charge is 2.37. The van der Waals surface area contributed by atoms with E-state index >= 15 is 0 Å². The second-order valence-electron chi connectivity index (χ2n) is 5.56. The maximum Gasteiger partial charge on any atom is 0.108 e. The Bertz CT molecular complexity index is 363. The second kappa shape index (κ2) is 5.85. The van der Waals surface area contributed by atoms with E-state index in [4.69, 9.17) is 0 Å². The van der Waals surface area contributed by atoms with E-state index in [-0.39, 0.29) is 0 Å². The van der Waals surface area contributed by atoms with Crippen LogP contribution >= 0.6 is 0 Å². The molecule has 1 fully saturated rings. The van der Waals surface area contributed by atoms with Crippen LogP contribution in [0.5, 0.6) is 0 Å². The number of aliphatic hydroxyl groups excluding tert-OH is 1. The van der Waals surface area contributed by atoms with E-state index in [2.05, 4.69) is 19.1 Å². The Morgan fingerprint density at radius 2 is 1.72 bits per heavy atom. The molecule has 1 aromatic carbocycles. The first-order valence-corrected chi connectivity index (χ1v) is 7.15. The Hall–Kier alpha value is -0.860. The summed E-state index contributed by atoms with van der Waals surface area (Å²) in [7, 11) is 0. The molecule has 0 amide bonds. The molecule has 0 saturated heterocycles. The fourth-order valence-corrected chi connectivity index (χ4v) is 2.90. The van der Waals surface area contributed by atoms with Crippen molar-refractivity contribution in [1.29, 1.82) is 0 Å². The second-order valence-corrected chi connectivity index (χ2v) is 5.56. The largest absolute Gasteiger partial charge is 0.387 e. The van der Waals surface area contributed by atoms with E-state index in [1.165, 1.54) is 12.0 Å². The van der Waals surface area contributed by atoms with Gasteiger partial charge in [0.25, 0.3) is 0 Å². The van der Waals surface area contributed by atoms with Crippen LogP contribution in [0.2, 0.25) is 0 Å². The summed E-state index contributed by atoms with van der Waals surface area (Å²) in [6, 6.07) is 8.05. The minimum absolute atomic E-state index is 0.713. The normalized spacial score (nSPS) is 20.6. The average Bonchev–Trinajstić information content (AvgIpc) is 2.40. The Labute approximate surface area is 110 Å². The quantitative estimate of drug-likeness (QED) is 0.857. The highest BCUT2D eigenvalue weighted by atomic mass is 16.3. The molecule has 1 aliphatic rings. The van der Waals surface area contributed by atoms with E-state index in [9.17, 15) is 10.2 Å². The van der Waals surface area contributed by atoms with Gasteiger partial charge in [-0.3, -0.25) is 0 Å². The van der Waals surface area contributed by atoms with Gasteiger partial charge in [0.05, 0.1) is 5.60 Å². The van der Waals surface area contributed by atoms with Crippen molar-refractivity contribution in [3.05, 3.63) is 35.4 Å². The molecule has 0 heterocycles. The smallest absolute Gasteiger partial charge is 0.108 e. The lowest BCUT2D eigenvalue weighted by Crippen LogP contribution is -2.38. The predicted molar refractivity (Wildman–Crippen MR) is 73.4 cm³/mol. The first kappa shape index (κ1) is 13.6. The molecule has 100 valence electrons. The summed E-state index contributed by atoms with van der Waals surface area (Å²) in [6.45, 7) is 2.16. The van der Waals surface area contributed by atoms with Crippen molar-refractivity contribution in [2.75, 3.05) is 0 Å². The molecule has 2 nitrogen and oxygen atoms in total. The van der Waals surface area contributed by atoms with Crippen molar-refractivity contribution in [3.8, 4) is 0 Å². The molecule has 0 aliphatic heterocycles. The van der Waals surface area contributed by atoms with Gasteiger partial charge in [-0.2, -0.15) is 0 Å². The summed E-state index contributed by atoms with van der Waals surface area (Å²) in [5, 5.41) is 20.9. The standard InChI is InChI=1S/C16H24O2/c1-2-6-13-7-9-14(10-8-13)15(17)16(18)11-4-3-5-12-16/h7-10,15,17-18H,2-6,11-12H2,1H3. The predicted octanol–water partition coefficient (Wildman–Crippen LogP) is 3.37. The first-order valence-electron chi connectivity index (χ1n) is 7.15. The first-order chi connectivity index (χ1) is 8.65. The zero-order chi connectivity index (χ0) is 13.0. The number of hydrogen-bond acceptors (Lipinski definition) is 2. The van der Waals surface area contributed by atoms with Crippen LogP contribution in [0, 0.1) is 0 Å².